The van der Waals surface area contributed by atoms with E-state index in [1.807, 2.05) is 11.3 Å². The molecule has 5 aromatic rings. The zero-order valence-corrected chi connectivity index (χ0v) is 15.2. The van der Waals surface area contributed by atoms with Crippen LogP contribution in [0.25, 0.3) is 42.1 Å². The fraction of sp³-hybridized carbons (Fsp3) is 0. The Hall–Kier alpha value is -2.16. The normalized spacial score (nSPS) is 11.5. The second-order valence-electron chi connectivity index (χ2n) is 5.95. The SMILES string of the molecule is Brc1cccc2sc3ccc(-c4cccc5ccccc45)cc3c12. The molecule has 0 N–H and O–H groups in total. The van der Waals surface area contributed by atoms with Crippen molar-refractivity contribution in [2.45, 2.75) is 0 Å². The van der Waals surface area contributed by atoms with Gasteiger partial charge in [-0.1, -0.05) is 70.5 Å². The van der Waals surface area contributed by atoms with Crippen LogP contribution >= 0.6 is 27.3 Å². The molecule has 0 fully saturated rings. The highest BCUT2D eigenvalue weighted by molar-refractivity contribution is 9.10. The highest BCUT2D eigenvalue weighted by Crippen LogP contribution is 2.40. The number of hydrogen-bond donors (Lipinski definition) is 0. The molecule has 1 aromatic heterocycles. The molecule has 0 saturated carbocycles. The van der Waals surface area contributed by atoms with E-state index < -0.39 is 0 Å². The summed E-state index contributed by atoms with van der Waals surface area (Å²) in [4.78, 5) is 0. The van der Waals surface area contributed by atoms with Crippen molar-refractivity contribution in [2.75, 3.05) is 0 Å². The van der Waals surface area contributed by atoms with E-state index in [1.54, 1.807) is 0 Å². The van der Waals surface area contributed by atoms with Gasteiger partial charge in [0.05, 0.1) is 0 Å². The summed E-state index contributed by atoms with van der Waals surface area (Å²) in [5.74, 6) is 0. The van der Waals surface area contributed by atoms with Gasteiger partial charge in [0, 0.05) is 24.6 Å². The third-order valence-corrected chi connectivity index (χ3v) is 6.34. The number of thiophene rings is 1. The molecular weight excluding hydrogens is 376 g/mol. The topological polar surface area (TPSA) is 0 Å². The predicted octanol–water partition coefficient (Wildman–Crippen LogP) is 7.64. The number of fused-ring (bicyclic) bond motifs is 4. The molecule has 114 valence electrons. The highest BCUT2D eigenvalue weighted by Gasteiger charge is 2.10. The van der Waals surface area contributed by atoms with E-state index in [0.717, 1.165) is 0 Å². The number of hydrogen-bond acceptors (Lipinski definition) is 1. The molecule has 0 aliphatic rings. The van der Waals surface area contributed by atoms with E-state index in [1.165, 1.54) is 46.5 Å². The summed E-state index contributed by atoms with van der Waals surface area (Å²) < 4.78 is 3.83. The minimum atomic E-state index is 1.17. The maximum atomic E-state index is 3.72. The lowest BCUT2D eigenvalue weighted by Crippen LogP contribution is -1.81. The van der Waals surface area contributed by atoms with Crippen LogP contribution in [0.2, 0.25) is 0 Å². The van der Waals surface area contributed by atoms with Crippen LogP contribution in [0.15, 0.2) is 83.3 Å². The lowest BCUT2D eigenvalue weighted by Gasteiger charge is -2.07. The van der Waals surface area contributed by atoms with Gasteiger partial charge in [0.1, 0.15) is 0 Å². The molecule has 4 aromatic carbocycles. The van der Waals surface area contributed by atoms with Crippen molar-refractivity contribution in [3.05, 3.63) is 83.3 Å². The van der Waals surface area contributed by atoms with Crippen LogP contribution in [-0.2, 0) is 0 Å². The van der Waals surface area contributed by atoms with Crippen LogP contribution in [0.3, 0.4) is 0 Å². The largest absolute Gasteiger partial charge is 0.135 e. The summed E-state index contributed by atoms with van der Waals surface area (Å²) in [6.45, 7) is 0. The Morgan fingerprint density at radius 2 is 1.50 bits per heavy atom. The predicted molar refractivity (Wildman–Crippen MR) is 110 cm³/mol. The molecule has 0 radical (unpaired) electrons. The summed E-state index contributed by atoms with van der Waals surface area (Å²) in [7, 11) is 0. The zero-order chi connectivity index (χ0) is 16.1. The minimum Gasteiger partial charge on any atom is -0.135 e. The van der Waals surface area contributed by atoms with E-state index in [2.05, 4.69) is 94.8 Å². The summed E-state index contributed by atoms with van der Waals surface area (Å²) >= 11 is 5.58. The summed E-state index contributed by atoms with van der Waals surface area (Å²) in [6.07, 6.45) is 0. The van der Waals surface area contributed by atoms with Gasteiger partial charge in [0.15, 0.2) is 0 Å². The van der Waals surface area contributed by atoms with Crippen molar-refractivity contribution in [2.24, 2.45) is 0 Å². The fourth-order valence-electron chi connectivity index (χ4n) is 3.43. The Morgan fingerprint density at radius 3 is 2.46 bits per heavy atom. The van der Waals surface area contributed by atoms with Crippen molar-refractivity contribution in [3.63, 3.8) is 0 Å². The Bertz CT molecular complexity index is 1210. The molecule has 0 spiro atoms. The molecule has 1 heterocycles. The van der Waals surface area contributed by atoms with Crippen LogP contribution in [-0.4, -0.2) is 0 Å². The first-order valence-electron chi connectivity index (χ1n) is 7.90. The molecule has 0 unspecified atom stereocenters. The first kappa shape index (κ1) is 14.2. The third kappa shape index (κ3) is 2.10. The first-order valence-corrected chi connectivity index (χ1v) is 9.51. The van der Waals surface area contributed by atoms with Crippen molar-refractivity contribution in [3.8, 4) is 11.1 Å². The van der Waals surface area contributed by atoms with E-state index in [4.69, 9.17) is 0 Å². The first-order chi connectivity index (χ1) is 11.8. The highest BCUT2D eigenvalue weighted by atomic mass is 79.9. The van der Waals surface area contributed by atoms with Gasteiger partial charge < -0.3 is 0 Å². The molecule has 2 heteroatoms. The molecule has 0 aliphatic carbocycles. The molecule has 0 atom stereocenters. The summed E-state index contributed by atoms with van der Waals surface area (Å²) in [5, 5.41) is 5.23. The van der Waals surface area contributed by atoms with Gasteiger partial charge in [-0.15, -0.1) is 11.3 Å². The van der Waals surface area contributed by atoms with Gasteiger partial charge in [-0.25, -0.2) is 0 Å². The van der Waals surface area contributed by atoms with Crippen LogP contribution in [0.5, 0.6) is 0 Å². The average Bonchev–Trinajstić information content (AvgIpc) is 3.00. The number of benzene rings is 4. The zero-order valence-electron chi connectivity index (χ0n) is 12.8. The second kappa shape index (κ2) is 5.44. The maximum Gasteiger partial charge on any atom is 0.0366 e. The summed E-state index contributed by atoms with van der Waals surface area (Å²) in [6, 6.07) is 28.4. The van der Waals surface area contributed by atoms with Gasteiger partial charge in [0.25, 0.3) is 0 Å². The summed E-state index contributed by atoms with van der Waals surface area (Å²) in [5.41, 5.74) is 2.57. The molecule has 24 heavy (non-hydrogen) atoms. The van der Waals surface area contributed by atoms with Crippen LogP contribution in [0.1, 0.15) is 0 Å². The van der Waals surface area contributed by atoms with Crippen LogP contribution in [0, 0.1) is 0 Å². The second-order valence-corrected chi connectivity index (χ2v) is 7.89. The average molecular weight is 389 g/mol. The van der Waals surface area contributed by atoms with Gasteiger partial charge >= 0.3 is 0 Å². The monoisotopic (exact) mass is 388 g/mol. The smallest absolute Gasteiger partial charge is 0.0366 e. The van der Waals surface area contributed by atoms with Crippen molar-refractivity contribution in [1.82, 2.24) is 0 Å². The van der Waals surface area contributed by atoms with E-state index in [0.29, 0.717) is 0 Å². The van der Waals surface area contributed by atoms with Gasteiger partial charge in [0.2, 0.25) is 0 Å². The van der Waals surface area contributed by atoms with E-state index in [9.17, 15) is 0 Å². The minimum absolute atomic E-state index is 1.17. The Morgan fingerprint density at radius 1 is 0.667 bits per heavy atom. The Balaban J connectivity index is 1.85. The van der Waals surface area contributed by atoms with Crippen molar-refractivity contribution < 1.29 is 0 Å². The molecule has 0 bridgehead atoms. The van der Waals surface area contributed by atoms with Crippen molar-refractivity contribution in [1.29, 1.82) is 0 Å². The van der Waals surface area contributed by atoms with Crippen LogP contribution < -0.4 is 0 Å². The standard InChI is InChI=1S/C22H13BrS/c23-19-9-4-10-21-22(19)18-13-15(11-12-20(18)24-21)17-8-3-6-14-5-1-2-7-16(14)17/h1-13H. The van der Waals surface area contributed by atoms with E-state index in [-0.39, 0.29) is 0 Å². The van der Waals surface area contributed by atoms with Crippen molar-refractivity contribution >= 4 is 58.2 Å². The maximum absolute atomic E-state index is 3.72. The van der Waals surface area contributed by atoms with Crippen LogP contribution in [0.4, 0.5) is 0 Å². The van der Waals surface area contributed by atoms with E-state index >= 15 is 0 Å². The number of halogens is 1. The molecule has 5 rings (SSSR count). The lowest BCUT2D eigenvalue weighted by atomic mass is 9.97. The molecule has 0 saturated heterocycles. The Kier molecular flexibility index (Phi) is 3.22. The molecule has 0 aliphatic heterocycles. The fourth-order valence-corrected chi connectivity index (χ4v) is 5.25. The number of rotatable bonds is 1. The van der Waals surface area contributed by atoms with Gasteiger partial charge in [-0.2, -0.15) is 0 Å². The Labute approximate surface area is 152 Å². The molecule has 0 nitrogen and oxygen atoms in total. The molecule has 0 amide bonds. The van der Waals surface area contributed by atoms with Gasteiger partial charge in [-0.05, 0) is 46.2 Å². The van der Waals surface area contributed by atoms with Gasteiger partial charge in [-0.3, -0.25) is 0 Å². The lowest BCUT2D eigenvalue weighted by molar-refractivity contribution is 1.70. The third-order valence-electron chi connectivity index (χ3n) is 4.54. The molecular formula is C22H13BrS. The quantitative estimate of drug-likeness (QED) is 0.276.